The smallest absolute Gasteiger partial charge is 0.257 e. The first-order valence-corrected chi connectivity index (χ1v) is 5.30. The minimum atomic E-state index is -0.557. The second-order valence-electron chi connectivity index (χ2n) is 3.96. The zero-order valence-corrected chi connectivity index (χ0v) is 9.11. The van der Waals surface area contributed by atoms with Gasteiger partial charge in [0.1, 0.15) is 0 Å². The van der Waals surface area contributed by atoms with E-state index in [1.807, 2.05) is 6.92 Å². The van der Waals surface area contributed by atoms with Crippen LogP contribution in [0.5, 0.6) is 0 Å². The molecule has 1 aromatic rings. The van der Waals surface area contributed by atoms with Gasteiger partial charge in [-0.25, -0.2) is 4.39 Å². The van der Waals surface area contributed by atoms with Crippen LogP contribution in [-0.4, -0.2) is 41.5 Å². The molecule has 0 aliphatic carbocycles. The van der Waals surface area contributed by atoms with Crippen LogP contribution in [-0.2, 0) is 0 Å². The van der Waals surface area contributed by atoms with Gasteiger partial charge >= 0.3 is 0 Å². The molecule has 0 saturated carbocycles. The largest absolute Gasteiger partial charge is 0.336 e. The number of piperazine rings is 1. The standard InChI is InChI=1S/C11H14FN3O/c1-8-7-15(5-4-14-8)11(16)9-2-3-13-6-10(9)12/h2-3,6,8,14H,4-5,7H2,1H3/t8-/m0/s1. The first kappa shape index (κ1) is 11.0. The van der Waals surface area contributed by atoms with Crippen LogP contribution in [0.3, 0.4) is 0 Å². The Morgan fingerprint density at radius 2 is 2.50 bits per heavy atom. The van der Waals surface area contributed by atoms with Gasteiger partial charge in [0.25, 0.3) is 5.91 Å². The van der Waals surface area contributed by atoms with Crippen LogP contribution >= 0.6 is 0 Å². The van der Waals surface area contributed by atoms with Gasteiger partial charge < -0.3 is 10.2 Å². The third-order valence-electron chi connectivity index (χ3n) is 2.66. The van der Waals surface area contributed by atoms with Gasteiger partial charge in [0.05, 0.1) is 11.8 Å². The fourth-order valence-corrected chi connectivity index (χ4v) is 1.84. The summed E-state index contributed by atoms with van der Waals surface area (Å²) in [5.74, 6) is -0.813. The molecule has 16 heavy (non-hydrogen) atoms. The SMILES string of the molecule is C[C@H]1CN(C(=O)c2ccncc2F)CCN1. The first-order valence-electron chi connectivity index (χ1n) is 5.30. The number of halogens is 1. The zero-order valence-electron chi connectivity index (χ0n) is 9.11. The van der Waals surface area contributed by atoms with Gasteiger partial charge in [0.2, 0.25) is 0 Å². The van der Waals surface area contributed by atoms with Gasteiger partial charge in [-0.3, -0.25) is 9.78 Å². The Labute approximate surface area is 93.5 Å². The lowest BCUT2D eigenvalue weighted by atomic mass is 10.2. The number of hydrogen-bond acceptors (Lipinski definition) is 3. The lowest BCUT2D eigenvalue weighted by Crippen LogP contribution is -2.51. The topological polar surface area (TPSA) is 45.2 Å². The van der Waals surface area contributed by atoms with Gasteiger partial charge in [-0.05, 0) is 13.0 Å². The van der Waals surface area contributed by atoms with Crippen LogP contribution in [0.15, 0.2) is 18.5 Å². The number of aromatic nitrogens is 1. The number of amides is 1. The summed E-state index contributed by atoms with van der Waals surface area (Å²) in [5, 5.41) is 3.23. The van der Waals surface area contributed by atoms with E-state index in [9.17, 15) is 9.18 Å². The molecule has 86 valence electrons. The monoisotopic (exact) mass is 223 g/mol. The molecule has 0 unspecified atom stereocenters. The van der Waals surface area contributed by atoms with E-state index >= 15 is 0 Å². The fraction of sp³-hybridized carbons (Fsp3) is 0.455. The molecule has 4 nitrogen and oxygen atoms in total. The zero-order chi connectivity index (χ0) is 11.5. The summed E-state index contributed by atoms with van der Waals surface area (Å²) in [7, 11) is 0. The highest BCUT2D eigenvalue weighted by molar-refractivity contribution is 5.94. The van der Waals surface area contributed by atoms with Crippen LogP contribution in [0.4, 0.5) is 4.39 Å². The highest BCUT2D eigenvalue weighted by atomic mass is 19.1. The van der Waals surface area contributed by atoms with E-state index in [1.165, 1.54) is 12.3 Å². The third kappa shape index (κ3) is 2.19. The number of carbonyl (C=O) groups is 1. The molecule has 1 N–H and O–H groups in total. The van der Waals surface area contributed by atoms with Gasteiger partial charge in [0, 0.05) is 31.9 Å². The highest BCUT2D eigenvalue weighted by Crippen LogP contribution is 2.10. The molecule has 1 aliphatic heterocycles. The van der Waals surface area contributed by atoms with Crippen molar-refractivity contribution in [2.45, 2.75) is 13.0 Å². The van der Waals surface area contributed by atoms with Crippen molar-refractivity contribution in [2.24, 2.45) is 0 Å². The van der Waals surface area contributed by atoms with E-state index in [2.05, 4.69) is 10.3 Å². The molecule has 2 rings (SSSR count). The number of pyridine rings is 1. The van der Waals surface area contributed by atoms with E-state index < -0.39 is 5.82 Å². The molecular formula is C11H14FN3O. The fourth-order valence-electron chi connectivity index (χ4n) is 1.84. The van der Waals surface area contributed by atoms with Gasteiger partial charge in [-0.1, -0.05) is 0 Å². The molecule has 1 amide bonds. The summed E-state index contributed by atoms with van der Waals surface area (Å²) in [5.41, 5.74) is 0.101. The molecule has 5 heteroatoms. The highest BCUT2D eigenvalue weighted by Gasteiger charge is 2.23. The van der Waals surface area contributed by atoms with Gasteiger partial charge in [0.15, 0.2) is 5.82 Å². The van der Waals surface area contributed by atoms with Crippen molar-refractivity contribution in [2.75, 3.05) is 19.6 Å². The van der Waals surface area contributed by atoms with E-state index in [-0.39, 0.29) is 17.5 Å². The normalized spacial score (nSPS) is 20.9. The summed E-state index contributed by atoms with van der Waals surface area (Å²) in [6.45, 7) is 3.98. The van der Waals surface area contributed by atoms with Crippen LogP contribution in [0, 0.1) is 5.82 Å². The number of hydrogen-bond donors (Lipinski definition) is 1. The summed E-state index contributed by atoms with van der Waals surface area (Å²) in [6, 6.07) is 1.67. The molecule has 1 fully saturated rings. The second kappa shape index (κ2) is 4.57. The number of nitrogens with one attached hydrogen (secondary N) is 1. The predicted molar refractivity (Wildman–Crippen MR) is 57.6 cm³/mol. The molecule has 0 radical (unpaired) electrons. The van der Waals surface area contributed by atoms with Crippen LogP contribution in [0.25, 0.3) is 0 Å². The summed E-state index contributed by atoms with van der Waals surface area (Å²) in [6.07, 6.45) is 2.50. The van der Waals surface area contributed by atoms with E-state index in [4.69, 9.17) is 0 Å². The van der Waals surface area contributed by atoms with Crippen molar-refractivity contribution in [1.29, 1.82) is 0 Å². The number of nitrogens with zero attached hydrogens (tertiary/aromatic N) is 2. The van der Waals surface area contributed by atoms with Crippen LogP contribution < -0.4 is 5.32 Å². The number of carbonyl (C=O) groups excluding carboxylic acids is 1. The lowest BCUT2D eigenvalue weighted by Gasteiger charge is -2.31. The Bertz CT molecular complexity index is 397. The Balaban J connectivity index is 2.16. The van der Waals surface area contributed by atoms with Crippen LogP contribution in [0.2, 0.25) is 0 Å². The van der Waals surface area contributed by atoms with Crippen molar-refractivity contribution in [3.05, 3.63) is 29.8 Å². The maximum Gasteiger partial charge on any atom is 0.257 e. The Morgan fingerprint density at radius 3 is 3.19 bits per heavy atom. The molecule has 1 saturated heterocycles. The maximum absolute atomic E-state index is 13.4. The first-order chi connectivity index (χ1) is 7.68. The van der Waals surface area contributed by atoms with Gasteiger partial charge in [-0.2, -0.15) is 0 Å². The molecule has 0 bridgehead atoms. The van der Waals surface area contributed by atoms with Crippen molar-refractivity contribution < 1.29 is 9.18 Å². The third-order valence-corrected chi connectivity index (χ3v) is 2.66. The van der Waals surface area contributed by atoms with Crippen LogP contribution in [0.1, 0.15) is 17.3 Å². The Hall–Kier alpha value is -1.49. The van der Waals surface area contributed by atoms with E-state index in [0.717, 1.165) is 12.7 Å². The van der Waals surface area contributed by atoms with Gasteiger partial charge in [-0.15, -0.1) is 0 Å². The van der Waals surface area contributed by atoms with E-state index in [0.29, 0.717) is 13.1 Å². The maximum atomic E-state index is 13.4. The molecule has 1 atom stereocenters. The average molecular weight is 223 g/mol. The van der Waals surface area contributed by atoms with E-state index in [1.54, 1.807) is 4.90 Å². The number of rotatable bonds is 1. The van der Waals surface area contributed by atoms with Crippen molar-refractivity contribution in [1.82, 2.24) is 15.2 Å². The summed E-state index contributed by atoms with van der Waals surface area (Å²) >= 11 is 0. The molecular weight excluding hydrogens is 209 g/mol. The quantitative estimate of drug-likeness (QED) is 0.760. The lowest BCUT2D eigenvalue weighted by molar-refractivity contribution is 0.0704. The van der Waals surface area contributed by atoms with Crippen molar-refractivity contribution in [3.8, 4) is 0 Å². The molecule has 2 heterocycles. The Kier molecular flexibility index (Phi) is 3.14. The minimum absolute atomic E-state index is 0.101. The molecule has 0 spiro atoms. The molecule has 0 aromatic carbocycles. The molecule has 1 aromatic heterocycles. The minimum Gasteiger partial charge on any atom is -0.336 e. The predicted octanol–water partition coefficient (Wildman–Crippen LogP) is 0.655. The Morgan fingerprint density at radius 1 is 1.69 bits per heavy atom. The average Bonchev–Trinajstić information content (AvgIpc) is 2.29. The van der Waals surface area contributed by atoms with Crippen molar-refractivity contribution >= 4 is 5.91 Å². The summed E-state index contributed by atoms with van der Waals surface area (Å²) < 4.78 is 13.4. The second-order valence-corrected chi connectivity index (χ2v) is 3.96. The molecule has 1 aliphatic rings. The van der Waals surface area contributed by atoms with Crippen molar-refractivity contribution in [3.63, 3.8) is 0 Å². The summed E-state index contributed by atoms with van der Waals surface area (Å²) in [4.78, 5) is 17.3.